The summed E-state index contributed by atoms with van der Waals surface area (Å²) in [4.78, 5) is 0.122. The molecule has 0 unspecified atom stereocenters. The van der Waals surface area contributed by atoms with Crippen molar-refractivity contribution >= 4 is 33.0 Å². The second-order valence-corrected chi connectivity index (χ2v) is 7.05. The standard InChI is InChI=1S/C15H17ClN2O2S/c1-9-4-6-13(17)15(11(9)3)21(19,20)18-14-7-5-12(16)8-10(14)2/h4-8,18H,17H2,1-3H3. The van der Waals surface area contributed by atoms with Crippen molar-refractivity contribution in [2.45, 2.75) is 25.7 Å². The van der Waals surface area contributed by atoms with Gasteiger partial charge in [-0.2, -0.15) is 0 Å². The summed E-state index contributed by atoms with van der Waals surface area (Å²) in [5, 5.41) is 0.557. The van der Waals surface area contributed by atoms with Gasteiger partial charge < -0.3 is 5.73 Å². The number of rotatable bonds is 3. The Balaban J connectivity index is 2.51. The first kappa shape index (κ1) is 15.7. The minimum absolute atomic E-state index is 0.122. The predicted molar refractivity (Wildman–Crippen MR) is 87.3 cm³/mol. The topological polar surface area (TPSA) is 72.2 Å². The van der Waals surface area contributed by atoms with E-state index in [0.29, 0.717) is 16.3 Å². The number of sulfonamides is 1. The lowest BCUT2D eigenvalue weighted by Gasteiger charge is -2.15. The summed E-state index contributed by atoms with van der Waals surface area (Å²) in [5.74, 6) is 0. The highest BCUT2D eigenvalue weighted by atomic mass is 35.5. The molecule has 0 bridgehead atoms. The summed E-state index contributed by atoms with van der Waals surface area (Å²) in [7, 11) is -3.75. The highest BCUT2D eigenvalue weighted by molar-refractivity contribution is 7.93. The van der Waals surface area contributed by atoms with Gasteiger partial charge in [-0.05, 0) is 61.7 Å². The average Bonchev–Trinajstić information content (AvgIpc) is 2.37. The molecule has 0 aliphatic carbocycles. The maximum Gasteiger partial charge on any atom is 0.264 e. The molecule has 0 amide bonds. The van der Waals surface area contributed by atoms with Crippen LogP contribution in [0.2, 0.25) is 5.02 Å². The Kier molecular flexibility index (Phi) is 4.16. The number of hydrogen-bond acceptors (Lipinski definition) is 3. The second-order valence-electron chi connectivity index (χ2n) is 4.99. The van der Waals surface area contributed by atoms with Crippen molar-refractivity contribution in [2.24, 2.45) is 0 Å². The SMILES string of the molecule is Cc1cc(Cl)ccc1NS(=O)(=O)c1c(N)ccc(C)c1C. The van der Waals surface area contributed by atoms with Crippen LogP contribution in [0.25, 0.3) is 0 Å². The van der Waals surface area contributed by atoms with Gasteiger partial charge in [0.2, 0.25) is 0 Å². The molecule has 0 atom stereocenters. The molecule has 112 valence electrons. The molecule has 3 N–H and O–H groups in total. The minimum Gasteiger partial charge on any atom is -0.398 e. The molecule has 0 spiro atoms. The molecule has 0 saturated carbocycles. The van der Waals surface area contributed by atoms with Crippen molar-refractivity contribution in [1.29, 1.82) is 0 Å². The number of nitrogen functional groups attached to an aromatic ring is 1. The fourth-order valence-electron chi connectivity index (χ4n) is 2.11. The lowest BCUT2D eigenvalue weighted by atomic mass is 10.1. The van der Waals surface area contributed by atoms with Crippen LogP contribution < -0.4 is 10.5 Å². The van der Waals surface area contributed by atoms with Gasteiger partial charge in [-0.1, -0.05) is 17.7 Å². The molecule has 4 nitrogen and oxygen atoms in total. The first-order valence-electron chi connectivity index (χ1n) is 6.37. The lowest BCUT2D eigenvalue weighted by Crippen LogP contribution is -2.17. The van der Waals surface area contributed by atoms with Crippen LogP contribution >= 0.6 is 11.6 Å². The Morgan fingerprint density at radius 1 is 1.05 bits per heavy atom. The number of nitrogens with two attached hydrogens (primary N) is 1. The van der Waals surface area contributed by atoms with Crippen LogP contribution in [0.15, 0.2) is 35.2 Å². The zero-order valence-electron chi connectivity index (χ0n) is 12.1. The van der Waals surface area contributed by atoms with E-state index in [4.69, 9.17) is 17.3 Å². The van der Waals surface area contributed by atoms with Gasteiger partial charge in [0.15, 0.2) is 0 Å². The molecule has 2 rings (SSSR count). The van der Waals surface area contributed by atoms with Gasteiger partial charge in [0.25, 0.3) is 10.0 Å². The van der Waals surface area contributed by atoms with E-state index in [1.165, 1.54) is 0 Å². The van der Waals surface area contributed by atoms with Crippen molar-refractivity contribution in [3.8, 4) is 0 Å². The highest BCUT2D eigenvalue weighted by Crippen LogP contribution is 2.29. The number of halogens is 1. The molecular formula is C15H17ClN2O2S. The van der Waals surface area contributed by atoms with E-state index in [2.05, 4.69) is 4.72 Å². The third-order valence-corrected chi connectivity index (χ3v) is 5.21. The van der Waals surface area contributed by atoms with Crippen molar-refractivity contribution < 1.29 is 8.42 Å². The normalized spacial score (nSPS) is 11.4. The van der Waals surface area contributed by atoms with E-state index in [1.807, 2.05) is 6.92 Å². The van der Waals surface area contributed by atoms with Crippen LogP contribution in [0, 0.1) is 20.8 Å². The smallest absolute Gasteiger partial charge is 0.264 e. The second kappa shape index (κ2) is 5.58. The summed E-state index contributed by atoms with van der Waals surface area (Å²) < 4.78 is 27.8. The van der Waals surface area contributed by atoms with Crippen molar-refractivity contribution in [3.63, 3.8) is 0 Å². The van der Waals surface area contributed by atoms with Crippen LogP contribution in [0.5, 0.6) is 0 Å². The molecular weight excluding hydrogens is 308 g/mol. The summed E-state index contributed by atoms with van der Waals surface area (Å²) in [6.45, 7) is 5.38. The zero-order valence-corrected chi connectivity index (χ0v) is 13.6. The molecule has 0 aromatic heterocycles. The summed E-state index contributed by atoms with van der Waals surface area (Å²) in [5.41, 5.74) is 8.84. The fraction of sp³-hybridized carbons (Fsp3) is 0.200. The quantitative estimate of drug-likeness (QED) is 0.846. The molecule has 6 heteroatoms. The third-order valence-electron chi connectivity index (χ3n) is 3.41. The predicted octanol–water partition coefficient (Wildman–Crippen LogP) is 3.65. The monoisotopic (exact) mass is 324 g/mol. The summed E-state index contributed by atoms with van der Waals surface area (Å²) >= 11 is 5.88. The molecule has 0 saturated heterocycles. The molecule has 0 radical (unpaired) electrons. The Bertz CT molecular complexity index is 802. The Morgan fingerprint density at radius 2 is 1.71 bits per heavy atom. The average molecular weight is 325 g/mol. The minimum atomic E-state index is -3.75. The van der Waals surface area contributed by atoms with Gasteiger partial charge in [0, 0.05) is 5.02 Å². The largest absolute Gasteiger partial charge is 0.398 e. The maximum absolute atomic E-state index is 12.6. The van der Waals surface area contributed by atoms with Gasteiger partial charge >= 0.3 is 0 Å². The molecule has 0 fully saturated rings. The number of nitrogens with one attached hydrogen (secondary N) is 1. The third kappa shape index (κ3) is 3.14. The van der Waals surface area contributed by atoms with E-state index in [-0.39, 0.29) is 10.6 Å². The number of aryl methyl sites for hydroxylation is 2. The van der Waals surface area contributed by atoms with Crippen LogP contribution in [0.4, 0.5) is 11.4 Å². The molecule has 0 aliphatic heterocycles. The summed E-state index contributed by atoms with van der Waals surface area (Å²) in [6, 6.07) is 8.38. The van der Waals surface area contributed by atoms with Gasteiger partial charge in [0.05, 0.1) is 11.4 Å². The van der Waals surface area contributed by atoms with Crippen molar-refractivity contribution in [1.82, 2.24) is 0 Å². The van der Waals surface area contributed by atoms with E-state index in [0.717, 1.165) is 11.1 Å². The fourth-order valence-corrected chi connectivity index (χ4v) is 3.89. The Hall–Kier alpha value is -1.72. The van der Waals surface area contributed by atoms with E-state index < -0.39 is 10.0 Å². The van der Waals surface area contributed by atoms with Gasteiger partial charge in [-0.15, -0.1) is 0 Å². The van der Waals surface area contributed by atoms with Crippen LogP contribution in [0.1, 0.15) is 16.7 Å². The molecule has 0 heterocycles. The molecule has 21 heavy (non-hydrogen) atoms. The van der Waals surface area contributed by atoms with E-state index in [9.17, 15) is 8.42 Å². The first-order chi connectivity index (χ1) is 9.72. The zero-order chi connectivity index (χ0) is 15.8. The Labute approximate surface area is 130 Å². The molecule has 0 aliphatic rings. The van der Waals surface area contributed by atoms with Crippen molar-refractivity contribution in [3.05, 3.63) is 52.0 Å². The maximum atomic E-state index is 12.6. The van der Waals surface area contributed by atoms with E-state index >= 15 is 0 Å². The van der Waals surface area contributed by atoms with Crippen LogP contribution in [-0.4, -0.2) is 8.42 Å². The number of benzene rings is 2. The molecule has 2 aromatic rings. The molecule has 2 aromatic carbocycles. The van der Waals surface area contributed by atoms with Gasteiger partial charge in [-0.25, -0.2) is 8.42 Å². The van der Waals surface area contributed by atoms with Crippen LogP contribution in [-0.2, 0) is 10.0 Å². The summed E-state index contributed by atoms with van der Waals surface area (Å²) in [6.07, 6.45) is 0. The Morgan fingerprint density at radius 3 is 2.33 bits per heavy atom. The highest BCUT2D eigenvalue weighted by Gasteiger charge is 2.21. The van der Waals surface area contributed by atoms with Gasteiger partial charge in [-0.3, -0.25) is 4.72 Å². The number of anilines is 2. The van der Waals surface area contributed by atoms with E-state index in [1.54, 1.807) is 44.2 Å². The van der Waals surface area contributed by atoms with Crippen LogP contribution in [0.3, 0.4) is 0 Å². The first-order valence-corrected chi connectivity index (χ1v) is 8.23. The number of hydrogen-bond donors (Lipinski definition) is 2. The van der Waals surface area contributed by atoms with Crippen molar-refractivity contribution in [2.75, 3.05) is 10.5 Å². The lowest BCUT2D eigenvalue weighted by molar-refractivity contribution is 0.601. The van der Waals surface area contributed by atoms with Gasteiger partial charge in [0.1, 0.15) is 4.90 Å².